The predicted octanol–water partition coefficient (Wildman–Crippen LogP) is 3.01. The van der Waals surface area contributed by atoms with Crippen LogP contribution in [0.3, 0.4) is 0 Å². The van der Waals surface area contributed by atoms with Crippen LogP contribution in [0.1, 0.15) is 51.5 Å². The van der Waals surface area contributed by atoms with E-state index >= 15 is 0 Å². The number of aliphatic carboxylic acids is 1. The van der Waals surface area contributed by atoms with Crippen LogP contribution in [0.2, 0.25) is 0 Å². The lowest BCUT2D eigenvalue weighted by molar-refractivity contribution is -0.148. The molecule has 3 rings (SSSR count). The van der Waals surface area contributed by atoms with Crippen LogP contribution in [0, 0.1) is 11.2 Å². The monoisotopic (exact) mass is 319 g/mol. The molecule has 4 nitrogen and oxygen atoms in total. The predicted molar refractivity (Wildman–Crippen MR) is 83.5 cm³/mol. The molecule has 0 bridgehead atoms. The summed E-state index contributed by atoms with van der Waals surface area (Å²) in [7, 11) is 0. The first-order valence-corrected chi connectivity index (χ1v) is 8.06. The minimum atomic E-state index is -1.15. The Balaban J connectivity index is 1.92. The second-order valence-corrected chi connectivity index (χ2v) is 7.52. The topological polar surface area (TPSA) is 66.4 Å². The van der Waals surface area contributed by atoms with E-state index in [1.54, 1.807) is 12.1 Å². The molecule has 2 N–H and O–H groups in total. The summed E-state index contributed by atoms with van der Waals surface area (Å²) in [5, 5.41) is 12.4. The molecule has 23 heavy (non-hydrogen) atoms. The van der Waals surface area contributed by atoms with Gasteiger partial charge in [-0.1, -0.05) is 38.8 Å². The molecule has 1 unspecified atom stereocenters. The first kappa shape index (κ1) is 16.0. The molecule has 0 saturated heterocycles. The van der Waals surface area contributed by atoms with Gasteiger partial charge >= 0.3 is 5.97 Å². The van der Waals surface area contributed by atoms with Gasteiger partial charge in [-0.2, -0.15) is 0 Å². The average Bonchev–Trinajstić information content (AvgIpc) is 2.84. The molecular formula is C18H22FNO3. The minimum absolute atomic E-state index is 0.251. The fraction of sp³-hybridized carbons (Fsp3) is 0.556. The molecule has 5 heteroatoms. The van der Waals surface area contributed by atoms with Gasteiger partial charge in [0.25, 0.3) is 0 Å². The summed E-state index contributed by atoms with van der Waals surface area (Å²) < 4.78 is 13.2. The Morgan fingerprint density at radius 1 is 1.13 bits per heavy atom. The fourth-order valence-electron chi connectivity index (χ4n) is 4.06. The zero-order valence-electron chi connectivity index (χ0n) is 13.5. The molecule has 0 spiro atoms. The van der Waals surface area contributed by atoms with Crippen molar-refractivity contribution in [3.05, 3.63) is 35.6 Å². The van der Waals surface area contributed by atoms with Crippen molar-refractivity contribution in [1.82, 2.24) is 5.32 Å². The van der Waals surface area contributed by atoms with E-state index in [2.05, 4.69) is 5.32 Å². The van der Waals surface area contributed by atoms with Crippen molar-refractivity contribution in [1.29, 1.82) is 0 Å². The largest absolute Gasteiger partial charge is 0.480 e. The van der Waals surface area contributed by atoms with Crippen LogP contribution >= 0.6 is 0 Å². The highest BCUT2D eigenvalue weighted by Gasteiger charge is 2.68. The van der Waals surface area contributed by atoms with E-state index in [1.165, 1.54) is 12.1 Å². The normalized spacial score (nSPS) is 27.4. The summed E-state index contributed by atoms with van der Waals surface area (Å²) in [4.78, 5) is 24.7. The van der Waals surface area contributed by atoms with Crippen LogP contribution in [0.5, 0.6) is 0 Å². The Bertz CT molecular complexity index is 647. The van der Waals surface area contributed by atoms with Crippen LogP contribution < -0.4 is 5.32 Å². The number of hydrogen-bond acceptors (Lipinski definition) is 2. The van der Waals surface area contributed by atoms with Crippen molar-refractivity contribution in [2.45, 2.75) is 56.9 Å². The number of carboxylic acids is 1. The van der Waals surface area contributed by atoms with Crippen molar-refractivity contribution in [3.8, 4) is 0 Å². The highest BCUT2D eigenvalue weighted by molar-refractivity contribution is 5.97. The van der Waals surface area contributed by atoms with Crippen molar-refractivity contribution in [3.63, 3.8) is 0 Å². The Kier molecular flexibility index (Phi) is 3.50. The molecule has 2 aliphatic rings. The third-order valence-electron chi connectivity index (χ3n) is 5.68. The van der Waals surface area contributed by atoms with Gasteiger partial charge in [0, 0.05) is 0 Å². The summed E-state index contributed by atoms with van der Waals surface area (Å²) in [6.07, 6.45) is 3.17. The second-order valence-electron chi connectivity index (χ2n) is 7.52. The molecule has 0 radical (unpaired) electrons. The van der Waals surface area contributed by atoms with E-state index in [-0.39, 0.29) is 17.1 Å². The second kappa shape index (κ2) is 5.05. The SMILES string of the molecule is CC1(C)CC1(C(=O)NC1(C(=O)O)CCCC1)c1ccc(F)cc1. The Hall–Kier alpha value is -1.91. The first-order chi connectivity index (χ1) is 10.7. The molecule has 2 saturated carbocycles. The van der Waals surface area contributed by atoms with Gasteiger partial charge in [-0.25, -0.2) is 9.18 Å². The highest BCUT2D eigenvalue weighted by atomic mass is 19.1. The molecular weight excluding hydrogens is 297 g/mol. The zero-order valence-corrected chi connectivity index (χ0v) is 13.5. The van der Waals surface area contributed by atoms with Crippen LogP contribution in [0.15, 0.2) is 24.3 Å². The molecule has 1 aromatic carbocycles. The van der Waals surface area contributed by atoms with E-state index < -0.39 is 16.9 Å². The van der Waals surface area contributed by atoms with Gasteiger partial charge in [-0.15, -0.1) is 0 Å². The lowest BCUT2D eigenvalue weighted by Gasteiger charge is -2.30. The van der Waals surface area contributed by atoms with E-state index in [0.29, 0.717) is 19.3 Å². The Morgan fingerprint density at radius 3 is 2.09 bits per heavy atom. The Morgan fingerprint density at radius 2 is 1.65 bits per heavy atom. The van der Waals surface area contributed by atoms with Gasteiger partial charge < -0.3 is 10.4 Å². The molecule has 1 amide bonds. The van der Waals surface area contributed by atoms with Crippen LogP contribution in [-0.4, -0.2) is 22.5 Å². The third kappa shape index (κ3) is 2.33. The maximum Gasteiger partial charge on any atom is 0.329 e. The molecule has 2 fully saturated rings. The standard InChI is InChI=1S/C18H22FNO3/c1-16(2)11-18(16,12-5-7-13(19)8-6-12)14(21)20-17(15(22)23)9-3-4-10-17/h5-8H,3-4,9-11H2,1-2H3,(H,20,21)(H,22,23). The van der Waals surface area contributed by atoms with E-state index in [4.69, 9.17) is 0 Å². The van der Waals surface area contributed by atoms with E-state index in [0.717, 1.165) is 18.4 Å². The molecule has 1 atom stereocenters. The summed E-state index contributed by atoms with van der Waals surface area (Å²) in [5.41, 5.74) is -1.44. The number of nitrogens with one attached hydrogen (secondary N) is 1. The number of halogens is 1. The van der Waals surface area contributed by atoms with Gasteiger partial charge in [0.05, 0.1) is 5.41 Å². The van der Waals surface area contributed by atoms with Crippen LogP contribution in [0.4, 0.5) is 4.39 Å². The molecule has 2 aliphatic carbocycles. The molecule has 1 aromatic rings. The van der Waals surface area contributed by atoms with Crippen LogP contribution in [-0.2, 0) is 15.0 Å². The number of carbonyl (C=O) groups is 2. The van der Waals surface area contributed by atoms with Crippen molar-refractivity contribution in [2.75, 3.05) is 0 Å². The number of carboxylic acid groups (broad SMARTS) is 1. The summed E-state index contributed by atoms with van der Waals surface area (Å²) in [6.45, 7) is 3.97. The van der Waals surface area contributed by atoms with E-state index in [1.807, 2.05) is 13.8 Å². The number of benzene rings is 1. The van der Waals surface area contributed by atoms with E-state index in [9.17, 15) is 19.1 Å². The van der Waals surface area contributed by atoms with Crippen molar-refractivity contribution in [2.24, 2.45) is 5.41 Å². The Labute approximate surface area is 135 Å². The maximum absolute atomic E-state index is 13.2. The maximum atomic E-state index is 13.2. The highest BCUT2D eigenvalue weighted by Crippen LogP contribution is 2.64. The number of hydrogen-bond donors (Lipinski definition) is 2. The zero-order chi connectivity index (χ0) is 16.9. The lowest BCUT2D eigenvalue weighted by atomic mass is 9.85. The molecule has 124 valence electrons. The quantitative estimate of drug-likeness (QED) is 0.896. The summed E-state index contributed by atoms with van der Waals surface area (Å²) in [6, 6.07) is 5.96. The smallest absolute Gasteiger partial charge is 0.329 e. The third-order valence-corrected chi connectivity index (χ3v) is 5.68. The van der Waals surface area contributed by atoms with Crippen molar-refractivity contribution >= 4 is 11.9 Å². The van der Waals surface area contributed by atoms with Gasteiger partial charge in [0.15, 0.2) is 0 Å². The average molecular weight is 319 g/mol. The number of rotatable bonds is 4. The number of carbonyl (C=O) groups excluding carboxylic acids is 1. The van der Waals surface area contributed by atoms with Crippen LogP contribution in [0.25, 0.3) is 0 Å². The van der Waals surface area contributed by atoms with Gasteiger partial charge in [-0.05, 0) is 42.4 Å². The van der Waals surface area contributed by atoms with Crippen molar-refractivity contribution < 1.29 is 19.1 Å². The van der Waals surface area contributed by atoms with Gasteiger partial charge in [-0.3, -0.25) is 4.79 Å². The molecule has 0 heterocycles. The van der Waals surface area contributed by atoms with Gasteiger partial charge in [0.1, 0.15) is 11.4 Å². The lowest BCUT2D eigenvalue weighted by Crippen LogP contribution is -2.56. The fourth-order valence-corrected chi connectivity index (χ4v) is 4.06. The molecule has 0 aliphatic heterocycles. The van der Waals surface area contributed by atoms with Gasteiger partial charge in [0.2, 0.25) is 5.91 Å². The number of amides is 1. The minimum Gasteiger partial charge on any atom is -0.480 e. The summed E-state index contributed by atoms with van der Waals surface area (Å²) >= 11 is 0. The first-order valence-electron chi connectivity index (χ1n) is 8.06. The summed E-state index contributed by atoms with van der Waals surface area (Å²) in [5.74, 6) is -1.56. The molecule has 0 aromatic heterocycles.